The molecule has 6 heteroatoms. The van der Waals surface area contributed by atoms with E-state index in [4.69, 9.17) is 0 Å². The van der Waals surface area contributed by atoms with Crippen molar-refractivity contribution in [2.45, 2.75) is 19.6 Å². The summed E-state index contributed by atoms with van der Waals surface area (Å²) in [6.07, 6.45) is -2.58. The number of aliphatic imine (C=N–C) groups is 1. The second-order valence-corrected chi connectivity index (χ2v) is 5.93. The molecule has 0 spiro atoms. The fourth-order valence-electron chi connectivity index (χ4n) is 3.06. The Kier molecular flexibility index (Phi) is 3.49. The summed E-state index contributed by atoms with van der Waals surface area (Å²) in [5.74, 6) is 0.712. The van der Waals surface area contributed by atoms with Gasteiger partial charge in [-0.1, -0.05) is 30.3 Å². The molecule has 0 aliphatic carbocycles. The van der Waals surface area contributed by atoms with Crippen molar-refractivity contribution in [3.63, 3.8) is 0 Å². The summed E-state index contributed by atoms with van der Waals surface area (Å²) in [4.78, 5) is 9.02. The third-order valence-corrected chi connectivity index (χ3v) is 4.16. The molecule has 126 valence electrons. The van der Waals surface area contributed by atoms with E-state index in [2.05, 4.69) is 9.98 Å². The number of fused-ring (bicyclic) bond motifs is 3. The van der Waals surface area contributed by atoms with E-state index in [1.54, 1.807) is 0 Å². The number of benzene rings is 2. The molecule has 25 heavy (non-hydrogen) atoms. The highest BCUT2D eigenvalue weighted by Crippen LogP contribution is 2.33. The molecule has 0 radical (unpaired) electrons. The number of hydrogen-bond acceptors (Lipinski definition) is 2. The molecule has 4 rings (SSSR count). The van der Waals surface area contributed by atoms with Crippen LogP contribution in [-0.2, 0) is 12.7 Å². The Morgan fingerprint density at radius 1 is 1.04 bits per heavy atom. The van der Waals surface area contributed by atoms with E-state index in [1.165, 1.54) is 12.1 Å². The summed E-state index contributed by atoms with van der Waals surface area (Å²) in [7, 11) is 0. The second kappa shape index (κ2) is 5.58. The minimum absolute atomic E-state index is 0.314. The van der Waals surface area contributed by atoms with Gasteiger partial charge >= 0.3 is 6.18 Å². The topological polar surface area (TPSA) is 30.2 Å². The van der Waals surface area contributed by atoms with Gasteiger partial charge in [0.15, 0.2) is 0 Å². The fourth-order valence-corrected chi connectivity index (χ4v) is 3.06. The zero-order chi connectivity index (χ0) is 17.6. The Balaban J connectivity index is 1.99. The molecule has 0 saturated heterocycles. The van der Waals surface area contributed by atoms with Crippen LogP contribution in [0.25, 0.3) is 5.69 Å². The Morgan fingerprint density at radius 3 is 2.52 bits per heavy atom. The normalized spacial score (nSPS) is 13.7. The fraction of sp³-hybridized carbons (Fsp3) is 0.158. The van der Waals surface area contributed by atoms with Crippen molar-refractivity contribution < 1.29 is 13.2 Å². The van der Waals surface area contributed by atoms with Crippen LogP contribution in [0.4, 0.5) is 13.2 Å². The molecule has 2 aromatic carbocycles. The predicted molar refractivity (Wildman–Crippen MR) is 89.1 cm³/mol. The van der Waals surface area contributed by atoms with Gasteiger partial charge in [-0.15, -0.1) is 0 Å². The van der Waals surface area contributed by atoms with Gasteiger partial charge < -0.3 is 4.57 Å². The first kappa shape index (κ1) is 15.6. The lowest BCUT2D eigenvalue weighted by molar-refractivity contribution is -0.137. The Bertz CT molecular complexity index is 969. The summed E-state index contributed by atoms with van der Waals surface area (Å²) in [5.41, 5.74) is 2.56. The highest BCUT2D eigenvalue weighted by Gasteiger charge is 2.32. The summed E-state index contributed by atoms with van der Waals surface area (Å²) in [6.45, 7) is 2.17. The summed E-state index contributed by atoms with van der Waals surface area (Å²) in [5, 5.41) is 0. The Hall–Kier alpha value is -2.89. The maximum absolute atomic E-state index is 13.2. The van der Waals surface area contributed by atoms with Crippen LogP contribution in [0.15, 0.2) is 59.7 Å². The van der Waals surface area contributed by atoms with Crippen LogP contribution < -0.4 is 0 Å². The van der Waals surface area contributed by atoms with E-state index in [-0.39, 0.29) is 0 Å². The van der Waals surface area contributed by atoms with Gasteiger partial charge in [-0.2, -0.15) is 13.2 Å². The van der Waals surface area contributed by atoms with E-state index in [0.717, 1.165) is 17.3 Å². The SMILES string of the molecule is Cc1cn2c(n1)CN=C(c1ccccc1)c1cc(C(F)(F)F)ccc1-2. The molecule has 1 aliphatic rings. The standard InChI is InChI=1S/C19H14F3N3/c1-12-11-25-16-8-7-14(19(20,21)22)9-15(16)18(23-10-17(25)24-12)13-5-3-2-4-6-13/h2-9,11H,10H2,1H3. The number of rotatable bonds is 1. The van der Waals surface area contributed by atoms with Crippen molar-refractivity contribution in [3.8, 4) is 5.69 Å². The molecule has 0 amide bonds. The number of aryl methyl sites for hydroxylation is 1. The zero-order valence-electron chi connectivity index (χ0n) is 13.4. The van der Waals surface area contributed by atoms with Crippen molar-refractivity contribution in [2.75, 3.05) is 0 Å². The number of hydrogen-bond donors (Lipinski definition) is 0. The molecule has 1 aliphatic heterocycles. The van der Waals surface area contributed by atoms with Gasteiger partial charge in [-0.05, 0) is 25.1 Å². The molecule has 0 saturated carbocycles. The highest BCUT2D eigenvalue weighted by atomic mass is 19.4. The molecule has 0 atom stereocenters. The number of halogens is 3. The monoisotopic (exact) mass is 341 g/mol. The van der Waals surface area contributed by atoms with Crippen molar-refractivity contribution in [1.82, 2.24) is 9.55 Å². The van der Waals surface area contributed by atoms with Gasteiger partial charge in [0.2, 0.25) is 0 Å². The largest absolute Gasteiger partial charge is 0.416 e. The van der Waals surface area contributed by atoms with Crippen LogP contribution in [0.3, 0.4) is 0 Å². The van der Waals surface area contributed by atoms with Crippen molar-refractivity contribution in [1.29, 1.82) is 0 Å². The van der Waals surface area contributed by atoms with Crippen molar-refractivity contribution >= 4 is 5.71 Å². The maximum Gasteiger partial charge on any atom is 0.416 e. The lowest BCUT2D eigenvalue weighted by Gasteiger charge is -2.15. The van der Waals surface area contributed by atoms with Gasteiger partial charge in [0.1, 0.15) is 5.82 Å². The van der Waals surface area contributed by atoms with Crippen LogP contribution in [0.5, 0.6) is 0 Å². The van der Waals surface area contributed by atoms with E-state index in [1.807, 2.05) is 48.0 Å². The van der Waals surface area contributed by atoms with Crippen molar-refractivity contribution in [2.24, 2.45) is 4.99 Å². The molecule has 0 unspecified atom stereocenters. The third-order valence-electron chi connectivity index (χ3n) is 4.16. The molecule has 0 fully saturated rings. The quantitative estimate of drug-likeness (QED) is 0.639. The first-order valence-electron chi connectivity index (χ1n) is 7.80. The van der Waals surface area contributed by atoms with E-state index in [0.29, 0.717) is 29.3 Å². The minimum atomic E-state index is -4.41. The first-order chi connectivity index (χ1) is 11.9. The van der Waals surface area contributed by atoms with E-state index < -0.39 is 11.7 Å². The van der Waals surface area contributed by atoms with Gasteiger partial charge in [0, 0.05) is 17.3 Å². The van der Waals surface area contributed by atoms with Gasteiger partial charge in [0.05, 0.1) is 29.2 Å². The number of nitrogens with zero attached hydrogens (tertiary/aromatic N) is 3. The van der Waals surface area contributed by atoms with Crippen LogP contribution in [-0.4, -0.2) is 15.3 Å². The van der Waals surface area contributed by atoms with Crippen LogP contribution in [0.1, 0.15) is 28.2 Å². The second-order valence-electron chi connectivity index (χ2n) is 5.93. The van der Waals surface area contributed by atoms with Crippen LogP contribution >= 0.6 is 0 Å². The molecular formula is C19H14F3N3. The highest BCUT2D eigenvalue weighted by molar-refractivity contribution is 6.15. The van der Waals surface area contributed by atoms with Gasteiger partial charge in [-0.3, -0.25) is 4.99 Å². The molecule has 0 N–H and O–H groups in total. The van der Waals surface area contributed by atoms with E-state index >= 15 is 0 Å². The molecule has 3 nitrogen and oxygen atoms in total. The summed E-state index contributed by atoms with van der Waals surface area (Å²) in [6, 6.07) is 13.0. The predicted octanol–water partition coefficient (Wildman–Crippen LogP) is 4.55. The third kappa shape index (κ3) is 2.73. The van der Waals surface area contributed by atoms with Crippen molar-refractivity contribution in [3.05, 3.63) is 82.9 Å². The average Bonchev–Trinajstić information content (AvgIpc) is 2.89. The Morgan fingerprint density at radius 2 is 1.80 bits per heavy atom. The maximum atomic E-state index is 13.2. The Labute approximate surface area is 142 Å². The van der Waals surface area contributed by atoms with Gasteiger partial charge in [-0.25, -0.2) is 4.98 Å². The van der Waals surface area contributed by atoms with Gasteiger partial charge in [0.25, 0.3) is 0 Å². The van der Waals surface area contributed by atoms with Crippen LogP contribution in [0, 0.1) is 6.92 Å². The zero-order valence-corrected chi connectivity index (χ0v) is 13.4. The summed E-state index contributed by atoms with van der Waals surface area (Å²) >= 11 is 0. The smallest absolute Gasteiger partial charge is 0.301 e. The minimum Gasteiger partial charge on any atom is -0.301 e. The summed E-state index contributed by atoms with van der Waals surface area (Å²) < 4.78 is 41.5. The number of aromatic nitrogens is 2. The average molecular weight is 341 g/mol. The lowest BCUT2D eigenvalue weighted by atomic mass is 9.98. The molecule has 2 heterocycles. The lowest BCUT2D eigenvalue weighted by Crippen LogP contribution is -2.11. The molecule has 3 aromatic rings. The molecular weight excluding hydrogens is 327 g/mol. The number of imidazole rings is 1. The molecule has 0 bridgehead atoms. The van der Waals surface area contributed by atoms with E-state index in [9.17, 15) is 13.2 Å². The number of alkyl halides is 3. The van der Waals surface area contributed by atoms with Crippen LogP contribution in [0.2, 0.25) is 0 Å². The first-order valence-corrected chi connectivity index (χ1v) is 7.80. The molecule has 1 aromatic heterocycles.